The highest BCUT2D eigenvalue weighted by atomic mass is 32.2. The fourth-order valence-electron chi connectivity index (χ4n) is 2.93. The van der Waals surface area contributed by atoms with E-state index in [2.05, 4.69) is 44.8 Å². The number of rotatable bonds is 4. The van der Waals surface area contributed by atoms with Crippen LogP contribution in [0.15, 0.2) is 69.6 Å². The van der Waals surface area contributed by atoms with Crippen LogP contribution in [0.5, 0.6) is 0 Å². The van der Waals surface area contributed by atoms with Gasteiger partial charge < -0.3 is 10.3 Å². The zero-order valence-electron chi connectivity index (χ0n) is 14.2. The van der Waals surface area contributed by atoms with Gasteiger partial charge in [0.05, 0.1) is 16.8 Å². The van der Waals surface area contributed by atoms with Crippen LogP contribution in [0.1, 0.15) is 12.0 Å². The molecule has 132 valence electrons. The lowest BCUT2D eigenvalue weighted by molar-refractivity contribution is 0.776. The fourth-order valence-corrected chi connectivity index (χ4v) is 3.69. The van der Waals surface area contributed by atoms with Crippen LogP contribution in [0.25, 0.3) is 11.0 Å². The van der Waals surface area contributed by atoms with Gasteiger partial charge in [0.25, 0.3) is 0 Å². The summed E-state index contributed by atoms with van der Waals surface area (Å²) in [5.74, 6) is 1.25. The minimum Gasteiger partial charge on any atom is -0.363 e. The van der Waals surface area contributed by atoms with Crippen molar-refractivity contribution in [3.05, 3.63) is 70.6 Å². The lowest BCUT2D eigenvalue weighted by Crippen LogP contribution is -2.31. The Morgan fingerprint density at radius 2 is 1.88 bits per heavy atom. The molecule has 3 aromatic rings. The van der Waals surface area contributed by atoms with Gasteiger partial charge in [-0.2, -0.15) is 0 Å². The summed E-state index contributed by atoms with van der Waals surface area (Å²) in [6.07, 6.45) is 2.06. The molecule has 0 amide bonds. The van der Waals surface area contributed by atoms with Gasteiger partial charge in [-0.3, -0.25) is 0 Å². The topological polar surface area (TPSA) is 74.5 Å². The van der Waals surface area contributed by atoms with Crippen molar-refractivity contribution >= 4 is 33.8 Å². The Labute approximate surface area is 155 Å². The highest BCUT2D eigenvalue weighted by Gasteiger charge is 2.16. The van der Waals surface area contributed by atoms with E-state index < -0.39 is 0 Å². The first-order valence-electron chi connectivity index (χ1n) is 8.56. The monoisotopic (exact) mass is 365 g/mol. The van der Waals surface area contributed by atoms with Gasteiger partial charge >= 0.3 is 5.69 Å². The van der Waals surface area contributed by atoms with E-state index >= 15 is 0 Å². The van der Waals surface area contributed by atoms with Crippen LogP contribution in [0, 0.1) is 0 Å². The number of aromatic nitrogens is 2. The molecule has 7 heteroatoms. The second-order valence-corrected chi connectivity index (χ2v) is 6.97. The van der Waals surface area contributed by atoms with E-state index in [0.717, 1.165) is 35.6 Å². The molecule has 1 aliphatic heterocycles. The second kappa shape index (κ2) is 7.61. The van der Waals surface area contributed by atoms with E-state index in [4.69, 9.17) is 0 Å². The molecule has 26 heavy (non-hydrogen) atoms. The minimum atomic E-state index is -0.181. The van der Waals surface area contributed by atoms with Crippen molar-refractivity contribution in [3.8, 4) is 0 Å². The van der Waals surface area contributed by atoms with E-state index in [0.29, 0.717) is 11.6 Å². The van der Waals surface area contributed by atoms with Crippen molar-refractivity contribution in [2.45, 2.75) is 12.8 Å². The number of aryl methyl sites for hydroxylation is 1. The molecule has 0 spiro atoms. The van der Waals surface area contributed by atoms with Crippen LogP contribution in [0.4, 0.5) is 0 Å². The number of para-hydroxylation sites is 2. The number of benzene rings is 2. The lowest BCUT2D eigenvalue weighted by Gasteiger charge is -2.14. The third-order valence-electron chi connectivity index (χ3n) is 4.20. The minimum absolute atomic E-state index is 0.181. The molecule has 1 aliphatic rings. The third-order valence-corrected chi connectivity index (χ3v) is 5.11. The van der Waals surface area contributed by atoms with Gasteiger partial charge in [0.1, 0.15) is 0 Å². The van der Waals surface area contributed by atoms with Crippen molar-refractivity contribution in [2.24, 2.45) is 10.2 Å². The van der Waals surface area contributed by atoms with Gasteiger partial charge in [-0.15, -0.1) is 10.2 Å². The number of nitrogens with one attached hydrogen (secondary N) is 2. The van der Waals surface area contributed by atoms with Gasteiger partial charge in [-0.25, -0.2) is 9.36 Å². The molecule has 1 aromatic heterocycles. The molecule has 2 N–H and O–H groups in total. The highest BCUT2D eigenvalue weighted by molar-refractivity contribution is 8.14. The molecule has 4 rings (SSSR count). The number of thioether (sulfide) groups is 1. The summed E-state index contributed by atoms with van der Waals surface area (Å²) in [7, 11) is 0. The molecule has 0 bridgehead atoms. The summed E-state index contributed by atoms with van der Waals surface area (Å²) < 4.78 is 1.60. The Balaban J connectivity index is 1.39. The summed E-state index contributed by atoms with van der Waals surface area (Å²) in [6, 6.07) is 18.0. The zero-order valence-corrected chi connectivity index (χ0v) is 15.0. The van der Waals surface area contributed by atoms with Crippen molar-refractivity contribution in [1.82, 2.24) is 14.9 Å². The highest BCUT2D eigenvalue weighted by Crippen LogP contribution is 2.14. The Morgan fingerprint density at radius 1 is 1.08 bits per heavy atom. The summed E-state index contributed by atoms with van der Waals surface area (Å²) in [6.45, 7) is 0.846. The smallest absolute Gasteiger partial charge is 0.332 e. The molecule has 2 aromatic carbocycles. The Hall–Kier alpha value is -2.80. The Bertz CT molecular complexity index is 1020. The maximum absolute atomic E-state index is 12.2. The van der Waals surface area contributed by atoms with Crippen molar-refractivity contribution < 1.29 is 0 Å². The molecule has 0 unspecified atom stereocenters. The molecule has 6 nitrogen and oxygen atoms in total. The van der Waals surface area contributed by atoms with Gasteiger partial charge in [0.2, 0.25) is 0 Å². The van der Waals surface area contributed by atoms with E-state index in [1.54, 1.807) is 16.3 Å². The first kappa shape index (κ1) is 16.7. The van der Waals surface area contributed by atoms with Crippen molar-refractivity contribution in [1.29, 1.82) is 0 Å². The van der Waals surface area contributed by atoms with Crippen LogP contribution >= 0.6 is 11.8 Å². The standard InChI is InChI=1S/C19H19N5OS/c25-19-21-15-10-4-5-11-16(15)24(19)17-13-26-18(23-22-17)20-12-6-9-14-7-2-1-3-8-14/h1-5,7-8,10-11H,6,9,12-13H2,(H,20,23)(H,21,25). The van der Waals surface area contributed by atoms with Crippen LogP contribution in [0.3, 0.4) is 0 Å². The first-order valence-corrected chi connectivity index (χ1v) is 9.55. The van der Waals surface area contributed by atoms with Crippen LogP contribution in [-0.4, -0.2) is 32.9 Å². The first-order chi connectivity index (χ1) is 12.8. The van der Waals surface area contributed by atoms with E-state index in [1.807, 2.05) is 30.3 Å². The number of imidazole rings is 1. The largest absolute Gasteiger partial charge is 0.363 e. The van der Waals surface area contributed by atoms with Gasteiger partial charge in [0.15, 0.2) is 11.0 Å². The van der Waals surface area contributed by atoms with Crippen LogP contribution in [-0.2, 0) is 6.42 Å². The number of hydrogen-bond acceptors (Lipinski definition) is 5. The Kier molecular flexibility index (Phi) is 4.88. The molecular weight excluding hydrogens is 346 g/mol. The molecule has 0 saturated heterocycles. The zero-order chi connectivity index (χ0) is 17.8. The quantitative estimate of drug-likeness (QED) is 0.698. The second-order valence-electron chi connectivity index (χ2n) is 6.01. The maximum atomic E-state index is 12.2. The number of hydrogen-bond donors (Lipinski definition) is 2. The van der Waals surface area contributed by atoms with E-state index in [1.165, 1.54) is 5.56 Å². The lowest BCUT2D eigenvalue weighted by atomic mass is 10.1. The number of aromatic amines is 1. The van der Waals surface area contributed by atoms with E-state index in [9.17, 15) is 4.79 Å². The molecule has 0 radical (unpaired) electrons. The number of amidine groups is 1. The molecule has 0 atom stereocenters. The third kappa shape index (κ3) is 3.57. The predicted octanol–water partition coefficient (Wildman–Crippen LogP) is 2.82. The van der Waals surface area contributed by atoms with Gasteiger partial charge in [-0.05, 0) is 30.5 Å². The number of fused-ring (bicyclic) bond motifs is 1. The normalized spacial score (nSPS) is 14.2. The Morgan fingerprint density at radius 3 is 2.69 bits per heavy atom. The molecule has 2 heterocycles. The van der Waals surface area contributed by atoms with Gasteiger partial charge in [-0.1, -0.05) is 54.2 Å². The summed E-state index contributed by atoms with van der Waals surface area (Å²) in [5.41, 5.74) is 2.79. The summed E-state index contributed by atoms with van der Waals surface area (Å²) in [5, 5.41) is 12.6. The SMILES string of the molecule is O=c1[nH]c2ccccc2n1C1=NN=C(NCCCc2ccccc2)SC1. The summed E-state index contributed by atoms with van der Waals surface area (Å²) in [4.78, 5) is 15.1. The molecule has 0 saturated carbocycles. The summed E-state index contributed by atoms with van der Waals surface area (Å²) >= 11 is 1.57. The maximum Gasteiger partial charge on any atom is 0.332 e. The average molecular weight is 365 g/mol. The molecule has 0 fully saturated rings. The number of nitrogens with zero attached hydrogens (tertiary/aromatic N) is 3. The van der Waals surface area contributed by atoms with Crippen molar-refractivity contribution in [3.63, 3.8) is 0 Å². The van der Waals surface area contributed by atoms with Gasteiger partial charge in [0, 0.05) is 6.54 Å². The molecular formula is C19H19N5OS. The van der Waals surface area contributed by atoms with Crippen molar-refractivity contribution in [2.75, 3.05) is 12.3 Å². The number of H-pyrrole nitrogens is 1. The molecule has 0 aliphatic carbocycles. The van der Waals surface area contributed by atoms with E-state index in [-0.39, 0.29) is 5.69 Å². The fraction of sp³-hybridized carbons (Fsp3) is 0.211. The predicted molar refractivity (Wildman–Crippen MR) is 108 cm³/mol. The van der Waals surface area contributed by atoms with Crippen LogP contribution in [0.2, 0.25) is 0 Å². The van der Waals surface area contributed by atoms with Crippen LogP contribution < -0.4 is 11.0 Å². The average Bonchev–Trinajstić information content (AvgIpc) is 3.02.